The Kier molecular flexibility index (Phi) is 7.00. The number of ether oxygens (including phenoxy) is 2. The molecule has 3 rings (SSSR count). The Hall–Kier alpha value is -3.60. The topological polar surface area (TPSA) is 64.6 Å². The predicted octanol–water partition coefficient (Wildman–Crippen LogP) is 4.16. The van der Waals surface area contributed by atoms with Gasteiger partial charge in [-0.2, -0.15) is 0 Å². The summed E-state index contributed by atoms with van der Waals surface area (Å²) in [6, 6.07) is 24.3. The average Bonchev–Trinajstić information content (AvgIpc) is 2.76. The summed E-state index contributed by atoms with van der Waals surface area (Å²) in [5.74, 6) is 0.990. The highest BCUT2D eigenvalue weighted by Gasteiger charge is 2.05. The molecule has 5 heteroatoms. The number of carbonyl (C=O) groups excluding carboxylic acids is 2. The van der Waals surface area contributed by atoms with E-state index in [1.54, 1.807) is 24.3 Å². The highest BCUT2D eigenvalue weighted by atomic mass is 16.5. The van der Waals surface area contributed by atoms with Gasteiger partial charge < -0.3 is 14.8 Å². The smallest absolute Gasteiger partial charge is 0.258 e. The van der Waals surface area contributed by atoms with E-state index in [-0.39, 0.29) is 18.3 Å². The molecule has 3 aromatic rings. The Morgan fingerprint density at radius 1 is 0.793 bits per heavy atom. The molecule has 1 amide bonds. The summed E-state index contributed by atoms with van der Waals surface area (Å²) in [7, 11) is 0. The van der Waals surface area contributed by atoms with E-state index < -0.39 is 0 Å². The first-order valence-corrected chi connectivity index (χ1v) is 9.36. The van der Waals surface area contributed by atoms with Gasteiger partial charge in [-0.05, 0) is 42.3 Å². The van der Waals surface area contributed by atoms with Crippen LogP contribution in [-0.4, -0.2) is 18.3 Å². The van der Waals surface area contributed by atoms with Crippen molar-refractivity contribution in [3.63, 3.8) is 0 Å². The van der Waals surface area contributed by atoms with Crippen LogP contribution in [0.25, 0.3) is 0 Å². The molecule has 0 aliphatic heterocycles. The SMILES string of the molecule is CC(=O)c1cccc(OCC(=O)NCc2ccc(OCc3ccccc3)cc2)c1. The highest BCUT2D eigenvalue weighted by molar-refractivity contribution is 5.94. The van der Waals surface area contributed by atoms with E-state index >= 15 is 0 Å². The van der Waals surface area contributed by atoms with Gasteiger partial charge in [0.15, 0.2) is 12.4 Å². The summed E-state index contributed by atoms with van der Waals surface area (Å²) in [6.45, 7) is 2.29. The zero-order chi connectivity index (χ0) is 20.5. The number of carbonyl (C=O) groups is 2. The van der Waals surface area contributed by atoms with Crippen molar-refractivity contribution in [3.8, 4) is 11.5 Å². The molecule has 0 heterocycles. The van der Waals surface area contributed by atoms with Gasteiger partial charge in [-0.25, -0.2) is 0 Å². The van der Waals surface area contributed by atoms with Gasteiger partial charge in [0.2, 0.25) is 0 Å². The number of nitrogens with one attached hydrogen (secondary N) is 1. The van der Waals surface area contributed by atoms with Gasteiger partial charge in [0.25, 0.3) is 5.91 Å². The van der Waals surface area contributed by atoms with E-state index in [0.29, 0.717) is 24.5 Å². The van der Waals surface area contributed by atoms with Gasteiger partial charge in [-0.1, -0.05) is 54.6 Å². The summed E-state index contributed by atoms with van der Waals surface area (Å²) in [5, 5.41) is 2.81. The third kappa shape index (κ3) is 6.50. The van der Waals surface area contributed by atoms with Gasteiger partial charge in [0, 0.05) is 12.1 Å². The van der Waals surface area contributed by atoms with Gasteiger partial charge in [-0.15, -0.1) is 0 Å². The molecular formula is C24H23NO4. The van der Waals surface area contributed by atoms with Gasteiger partial charge in [0.05, 0.1) is 0 Å². The van der Waals surface area contributed by atoms with Crippen molar-refractivity contribution in [1.29, 1.82) is 0 Å². The molecule has 0 aromatic heterocycles. The standard InChI is InChI=1S/C24H23NO4/c1-18(26)21-8-5-9-23(14-21)29-17-24(27)25-15-19-10-12-22(13-11-19)28-16-20-6-3-2-4-7-20/h2-14H,15-17H2,1H3,(H,25,27). The highest BCUT2D eigenvalue weighted by Crippen LogP contribution is 2.15. The van der Waals surface area contributed by atoms with Crippen LogP contribution in [0.4, 0.5) is 0 Å². The first kappa shape index (κ1) is 20.1. The molecule has 0 fully saturated rings. The van der Waals surface area contributed by atoms with Crippen LogP contribution in [0.3, 0.4) is 0 Å². The molecule has 0 bridgehead atoms. The second kappa shape index (κ2) is 10.1. The number of Topliss-reactive ketones (excluding diaryl/α,β-unsaturated/α-hetero) is 1. The van der Waals surface area contributed by atoms with Crippen molar-refractivity contribution in [2.45, 2.75) is 20.1 Å². The van der Waals surface area contributed by atoms with Crippen molar-refractivity contribution in [3.05, 3.63) is 95.6 Å². The number of benzene rings is 3. The molecule has 3 aromatic carbocycles. The summed E-state index contributed by atoms with van der Waals surface area (Å²) in [5.41, 5.74) is 2.62. The van der Waals surface area contributed by atoms with E-state index in [9.17, 15) is 9.59 Å². The molecule has 29 heavy (non-hydrogen) atoms. The summed E-state index contributed by atoms with van der Waals surface area (Å²) in [6.07, 6.45) is 0. The monoisotopic (exact) mass is 389 g/mol. The molecule has 5 nitrogen and oxygen atoms in total. The number of hydrogen-bond acceptors (Lipinski definition) is 4. The van der Waals surface area contributed by atoms with Crippen LogP contribution in [0.15, 0.2) is 78.9 Å². The van der Waals surface area contributed by atoms with E-state index in [1.165, 1.54) is 6.92 Å². The molecule has 0 saturated heterocycles. The molecule has 0 saturated carbocycles. The van der Waals surface area contributed by atoms with Crippen LogP contribution < -0.4 is 14.8 Å². The fourth-order valence-corrected chi connectivity index (χ4v) is 2.65. The molecule has 0 spiro atoms. The molecular weight excluding hydrogens is 366 g/mol. The maximum absolute atomic E-state index is 12.0. The molecule has 148 valence electrons. The zero-order valence-corrected chi connectivity index (χ0v) is 16.3. The first-order valence-electron chi connectivity index (χ1n) is 9.36. The Labute approximate surface area is 170 Å². The van der Waals surface area contributed by atoms with Crippen LogP contribution in [0.1, 0.15) is 28.4 Å². The molecule has 0 atom stereocenters. The zero-order valence-electron chi connectivity index (χ0n) is 16.3. The van der Waals surface area contributed by atoms with Crippen molar-refractivity contribution >= 4 is 11.7 Å². The maximum atomic E-state index is 12.0. The third-order valence-electron chi connectivity index (χ3n) is 4.27. The quantitative estimate of drug-likeness (QED) is 0.558. The van der Waals surface area contributed by atoms with Crippen LogP contribution in [0, 0.1) is 0 Å². The number of amides is 1. The van der Waals surface area contributed by atoms with Gasteiger partial charge in [-0.3, -0.25) is 9.59 Å². The van der Waals surface area contributed by atoms with Crippen molar-refractivity contribution < 1.29 is 19.1 Å². The van der Waals surface area contributed by atoms with Crippen molar-refractivity contribution in [2.24, 2.45) is 0 Å². The summed E-state index contributed by atoms with van der Waals surface area (Å²) >= 11 is 0. The van der Waals surface area contributed by atoms with E-state index in [4.69, 9.17) is 9.47 Å². The molecule has 0 unspecified atom stereocenters. The lowest BCUT2D eigenvalue weighted by molar-refractivity contribution is -0.123. The van der Waals surface area contributed by atoms with Crippen LogP contribution in [-0.2, 0) is 17.9 Å². The predicted molar refractivity (Wildman–Crippen MR) is 111 cm³/mol. The van der Waals surface area contributed by atoms with Gasteiger partial charge >= 0.3 is 0 Å². The second-order valence-corrected chi connectivity index (χ2v) is 6.57. The lowest BCUT2D eigenvalue weighted by Crippen LogP contribution is -2.28. The Morgan fingerprint density at radius 2 is 1.55 bits per heavy atom. The summed E-state index contributed by atoms with van der Waals surface area (Å²) in [4.78, 5) is 23.4. The molecule has 0 aliphatic carbocycles. The van der Waals surface area contributed by atoms with E-state index in [2.05, 4.69) is 5.32 Å². The third-order valence-corrected chi connectivity index (χ3v) is 4.27. The first-order chi connectivity index (χ1) is 14.1. The summed E-state index contributed by atoms with van der Waals surface area (Å²) < 4.78 is 11.2. The minimum atomic E-state index is -0.234. The maximum Gasteiger partial charge on any atom is 0.258 e. The number of rotatable bonds is 9. The van der Waals surface area contributed by atoms with E-state index in [1.807, 2.05) is 54.6 Å². The minimum Gasteiger partial charge on any atom is -0.489 e. The molecule has 0 aliphatic rings. The Balaban J connectivity index is 1.42. The average molecular weight is 389 g/mol. The van der Waals surface area contributed by atoms with Crippen molar-refractivity contribution in [2.75, 3.05) is 6.61 Å². The van der Waals surface area contributed by atoms with Crippen LogP contribution >= 0.6 is 0 Å². The van der Waals surface area contributed by atoms with E-state index in [0.717, 1.165) is 16.9 Å². The lowest BCUT2D eigenvalue weighted by atomic mass is 10.1. The van der Waals surface area contributed by atoms with Crippen LogP contribution in [0.5, 0.6) is 11.5 Å². The van der Waals surface area contributed by atoms with Gasteiger partial charge in [0.1, 0.15) is 18.1 Å². The minimum absolute atomic E-state index is 0.0453. The van der Waals surface area contributed by atoms with Crippen molar-refractivity contribution in [1.82, 2.24) is 5.32 Å². The Morgan fingerprint density at radius 3 is 2.28 bits per heavy atom. The molecule has 0 radical (unpaired) electrons. The molecule has 1 N–H and O–H groups in total. The number of hydrogen-bond donors (Lipinski definition) is 1. The largest absolute Gasteiger partial charge is 0.489 e. The number of ketones is 1. The fraction of sp³-hybridized carbons (Fsp3) is 0.167. The Bertz CT molecular complexity index is 952. The fourth-order valence-electron chi connectivity index (χ4n) is 2.65. The van der Waals surface area contributed by atoms with Crippen LogP contribution in [0.2, 0.25) is 0 Å². The normalized spacial score (nSPS) is 10.2. The second-order valence-electron chi connectivity index (χ2n) is 6.57. The lowest BCUT2D eigenvalue weighted by Gasteiger charge is -2.09.